The fourth-order valence-electron chi connectivity index (χ4n) is 1.88. The quantitative estimate of drug-likeness (QED) is 0.414. The van der Waals surface area contributed by atoms with Crippen LogP contribution in [0, 0.1) is 5.92 Å². The van der Waals surface area contributed by atoms with Crippen LogP contribution in [0.25, 0.3) is 0 Å². The van der Waals surface area contributed by atoms with Gasteiger partial charge in [-0.05, 0) is 25.7 Å². The van der Waals surface area contributed by atoms with Crippen LogP contribution in [0.2, 0.25) is 0 Å². The summed E-state index contributed by atoms with van der Waals surface area (Å²) < 4.78 is 14.8. The second-order valence-electron chi connectivity index (χ2n) is 3.95. The van der Waals surface area contributed by atoms with Gasteiger partial charge in [0.15, 0.2) is 6.79 Å². The zero-order chi connectivity index (χ0) is 12.7. The highest BCUT2D eigenvalue weighted by Gasteiger charge is 2.27. The smallest absolute Gasteiger partial charge is 0.332 e. The summed E-state index contributed by atoms with van der Waals surface area (Å²) in [5.74, 6) is -0.662. The maximum atomic E-state index is 11.3. The van der Waals surface area contributed by atoms with Crippen molar-refractivity contribution in [3.63, 3.8) is 0 Å². The third kappa shape index (κ3) is 4.56. The molecule has 0 aliphatic heterocycles. The molecule has 0 atom stereocenters. The van der Waals surface area contributed by atoms with Gasteiger partial charge in [-0.3, -0.25) is 4.79 Å². The highest BCUT2D eigenvalue weighted by molar-refractivity contribution is 5.81. The molecule has 0 amide bonds. The average molecular weight is 242 g/mol. The molecule has 17 heavy (non-hydrogen) atoms. The highest BCUT2D eigenvalue weighted by Crippen LogP contribution is 2.26. The molecular formula is C12H18O5. The van der Waals surface area contributed by atoms with Gasteiger partial charge in [-0.25, -0.2) is 4.79 Å². The Labute approximate surface area is 101 Å². The second-order valence-corrected chi connectivity index (χ2v) is 3.95. The van der Waals surface area contributed by atoms with E-state index in [0.29, 0.717) is 0 Å². The summed E-state index contributed by atoms with van der Waals surface area (Å²) in [5, 5.41) is 0. The number of hydrogen-bond acceptors (Lipinski definition) is 5. The minimum Gasteiger partial charge on any atom is -0.469 e. The molecule has 0 bridgehead atoms. The molecule has 0 heterocycles. The molecule has 1 fully saturated rings. The number of methoxy groups -OCH3 is 1. The van der Waals surface area contributed by atoms with Crippen LogP contribution in [0.5, 0.6) is 0 Å². The molecule has 0 aromatic rings. The van der Waals surface area contributed by atoms with E-state index in [1.807, 2.05) is 0 Å². The minimum atomic E-state index is -0.492. The number of ether oxygens (including phenoxy) is 3. The fraction of sp³-hybridized carbons (Fsp3) is 0.667. The number of carbonyl (C=O) groups excluding carboxylic acids is 2. The Morgan fingerprint density at radius 2 is 1.94 bits per heavy atom. The van der Waals surface area contributed by atoms with E-state index in [1.54, 1.807) is 0 Å². The monoisotopic (exact) mass is 242 g/mol. The van der Waals surface area contributed by atoms with Crippen molar-refractivity contribution < 1.29 is 23.8 Å². The minimum absolute atomic E-state index is 0.0180. The van der Waals surface area contributed by atoms with Crippen LogP contribution in [-0.4, -0.2) is 31.9 Å². The molecule has 0 aromatic heterocycles. The Kier molecular flexibility index (Phi) is 5.69. The van der Waals surface area contributed by atoms with Crippen molar-refractivity contribution in [1.82, 2.24) is 0 Å². The zero-order valence-corrected chi connectivity index (χ0v) is 10.0. The molecular weight excluding hydrogens is 224 g/mol. The van der Waals surface area contributed by atoms with E-state index in [0.717, 1.165) is 31.8 Å². The molecule has 5 heteroatoms. The van der Waals surface area contributed by atoms with Crippen LogP contribution in [0.1, 0.15) is 25.7 Å². The lowest BCUT2D eigenvalue weighted by molar-refractivity contribution is -0.158. The normalized spacial score (nSPS) is 23.8. The summed E-state index contributed by atoms with van der Waals surface area (Å²) in [7, 11) is 1.40. The first kappa shape index (κ1) is 13.7. The van der Waals surface area contributed by atoms with Gasteiger partial charge in [0.2, 0.25) is 0 Å². The van der Waals surface area contributed by atoms with Crippen molar-refractivity contribution in [2.24, 2.45) is 5.92 Å². The van der Waals surface area contributed by atoms with Gasteiger partial charge in [0.25, 0.3) is 0 Å². The zero-order valence-electron chi connectivity index (χ0n) is 10.0. The molecule has 1 aliphatic carbocycles. The van der Waals surface area contributed by atoms with Gasteiger partial charge in [0.1, 0.15) is 0 Å². The third-order valence-corrected chi connectivity index (χ3v) is 2.88. The van der Waals surface area contributed by atoms with Crippen molar-refractivity contribution >= 4 is 11.9 Å². The summed E-state index contributed by atoms with van der Waals surface area (Å²) in [4.78, 5) is 22.0. The average Bonchev–Trinajstić information content (AvgIpc) is 2.38. The van der Waals surface area contributed by atoms with Crippen molar-refractivity contribution in [2.45, 2.75) is 31.8 Å². The van der Waals surface area contributed by atoms with E-state index in [9.17, 15) is 9.59 Å². The molecule has 0 unspecified atom stereocenters. The van der Waals surface area contributed by atoms with Crippen molar-refractivity contribution in [1.29, 1.82) is 0 Å². The van der Waals surface area contributed by atoms with Crippen LogP contribution in [0.15, 0.2) is 12.7 Å². The van der Waals surface area contributed by atoms with Gasteiger partial charge in [-0.2, -0.15) is 0 Å². The second kappa shape index (κ2) is 7.06. The first-order chi connectivity index (χ1) is 8.17. The Hall–Kier alpha value is -1.36. The summed E-state index contributed by atoms with van der Waals surface area (Å²) in [5.41, 5.74) is 0. The van der Waals surface area contributed by atoms with Crippen LogP contribution in [0.4, 0.5) is 0 Å². The molecule has 0 aromatic carbocycles. The SMILES string of the molecule is C=CC(=O)OCO[C@H]1CC[C@H](C(=O)OC)CC1. The van der Waals surface area contributed by atoms with Gasteiger partial charge in [0, 0.05) is 6.08 Å². The van der Waals surface area contributed by atoms with Gasteiger partial charge in [0.05, 0.1) is 19.1 Å². The summed E-state index contributed by atoms with van der Waals surface area (Å²) in [6.07, 6.45) is 4.22. The van der Waals surface area contributed by atoms with Gasteiger partial charge < -0.3 is 14.2 Å². The van der Waals surface area contributed by atoms with Crippen molar-refractivity contribution in [3.8, 4) is 0 Å². The first-order valence-corrected chi connectivity index (χ1v) is 5.66. The molecule has 1 rings (SSSR count). The predicted octanol–water partition coefficient (Wildman–Crippen LogP) is 1.42. The Morgan fingerprint density at radius 1 is 1.29 bits per heavy atom. The maximum Gasteiger partial charge on any atom is 0.332 e. The van der Waals surface area contributed by atoms with E-state index < -0.39 is 5.97 Å². The molecule has 0 N–H and O–H groups in total. The van der Waals surface area contributed by atoms with Crippen LogP contribution < -0.4 is 0 Å². The largest absolute Gasteiger partial charge is 0.469 e. The predicted molar refractivity (Wildman–Crippen MR) is 60.0 cm³/mol. The lowest BCUT2D eigenvalue weighted by atomic mass is 9.87. The van der Waals surface area contributed by atoms with Crippen LogP contribution in [0.3, 0.4) is 0 Å². The Morgan fingerprint density at radius 3 is 2.47 bits per heavy atom. The van der Waals surface area contributed by atoms with Gasteiger partial charge >= 0.3 is 11.9 Å². The number of carbonyl (C=O) groups is 2. The lowest BCUT2D eigenvalue weighted by Gasteiger charge is -2.26. The van der Waals surface area contributed by atoms with Crippen LogP contribution in [-0.2, 0) is 23.8 Å². The number of hydrogen-bond donors (Lipinski definition) is 0. The molecule has 5 nitrogen and oxygen atoms in total. The number of rotatable bonds is 5. The fourth-order valence-corrected chi connectivity index (χ4v) is 1.88. The van der Waals surface area contributed by atoms with Crippen molar-refractivity contribution in [3.05, 3.63) is 12.7 Å². The summed E-state index contributed by atoms with van der Waals surface area (Å²) in [6, 6.07) is 0. The lowest BCUT2D eigenvalue weighted by Crippen LogP contribution is -2.27. The summed E-state index contributed by atoms with van der Waals surface area (Å²) in [6.45, 7) is 3.23. The van der Waals surface area contributed by atoms with E-state index in [-0.39, 0.29) is 24.8 Å². The topological polar surface area (TPSA) is 61.8 Å². The van der Waals surface area contributed by atoms with Crippen LogP contribution >= 0.6 is 0 Å². The first-order valence-electron chi connectivity index (χ1n) is 5.66. The van der Waals surface area contributed by atoms with Gasteiger partial charge in [-0.15, -0.1) is 0 Å². The molecule has 1 saturated carbocycles. The van der Waals surface area contributed by atoms with E-state index in [4.69, 9.17) is 14.2 Å². The molecule has 1 aliphatic rings. The molecule has 0 saturated heterocycles. The van der Waals surface area contributed by atoms with E-state index in [1.165, 1.54) is 7.11 Å². The van der Waals surface area contributed by atoms with Gasteiger partial charge in [-0.1, -0.05) is 6.58 Å². The standard InChI is InChI=1S/C12H18O5/c1-3-11(13)17-8-16-10-6-4-9(5-7-10)12(14)15-2/h3,9-10H,1,4-8H2,2H3/t9-,10-. The number of esters is 2. The highest BCUT2D eigenvalue weighted by atomic mass is 16.7. The molecule has 0 spiro atoms. The molecule has 96 valence electrons. The maximum absolute atomic E-state index is 11.3. The van der Waals surface area contributed by atoms with E-state index in [2.05, 4.69) is 6.58 Å². The van der Waals surface area contributed by atoms with E-state index >= 15 is 0 Å². The summed E-state index contributed by atoms with van der Waals surface area (Å²) >= 11 is 0. The third-order valence-electron chi connectivity index (χ3n) is 2.88. The van der Waals surface area contributed by atoms with Crippen molar-refractivity contribution in [2.75, 3.05) is 13.9 Å². The Bertz CT molecular complexity index is 279. The Balaban J connectivity index is 2.17. The molecule has 0 radical (unpaired) electrons.